The summed E-state index contributed by atoms with van der Waals surface area (Å²) in [7, 11) is 1.67. The van der Waals surface area contributed by atoms with Gasteiger partial charge in [-0.05, 0) is 83.1 Å². The molecule has 1 saturated heterocycles. The van der Waals surface area contributed by atoms with Gasteiger partial charge in [-0.3, -0.25) is 19.2 Å². The number of ether oxygens (including phenoxy) is 5. The van der Waals surface area contributed by atoms with Gasteiger partial charge in [-0.25, -0.2) is 0 Å². The molecule has 0 radical (unpaired) electrons. The first kappa shape index (κ1) is 31.9. The summed E-state index contributed by atoms with van der Waals surface area (Å²) in [5.74, 6) is -2.14. The zero-order valence-electron chi connectivity index (χ0n) is 24.3. The zero-order chi connectivity index (χ0) is 28.4. The second-order valence-electron chi connectivity index (χ2n) is 13.6. The number of esters is 4. The third-order valence-corrected chi connectivity index (χ3v) is 5.42. The van der Waals surface area contributed by atoms with E-state index >= 15 is 0 Å². The van der Waals surface area contributed by atoms with Crippen LogP contribution >= 0.6 is 0 Å². The first-order valence-corrected chi connectivity index (χ1v) is 12.4. The number of hydrogen-bond acceptors (Lipinski definition) is 9. The van der Waals surface area contributed by atoms with Crippen molar-refractivity contribution in [1.29, 1.82) is 0 Å². The van der Waals surface area contributed by atoms with Gasteiger partial charge in [0.1, 0.15) is 20.6 Å². The van der Waals surface area contributed by atoms with E-state index in [1.54, 1.807) is 90.9 Å². The molecule has 1 heterocycles. The van der Waals surface area contributed by atoms with Crippen molar-refractivity contribution in [2.75, 3.05) is 6.61 Å². The molecule has 0 aliphatic carbocycles. The van der Waals surface area contributed by atoms with E-state index in [1.165, 1.54) is 0 Å². The Morgan fingerprint density at radius 3 is 1.28 bits per heavy atom. The molecule has 0 amide bonds. The van der Waals surface area contributed by atoms with Crippen molar-refractivity contribution >= 4 is 31.7 Å². The fourth-order valence-electron chi connectivity index (χ4n) is 2.95. The second kappa shape index (κ2) is 11.1. The Kier molecular flexibility index (Phi) is 9.86. The van der Waals surface area contributed by atoms with Crippen molar-refractivity contribution in [2.45, 2.75) is 114 Å². The average Bonchev–Trinajstić information content (AvgIpc) is 2.67. The van der Waals surface area contributed by atoms with Gasteiger partial charge in [0.25, 0.3) is 0 Å². The maximum Gasteiger partial charge on any atom is 0.311 e. The smallest absolute Gasteiger partial charge is 0.311 e. The lowest BCUT2D eigenvalue weighted by Crippen LogP contribution is -2.63. The van der Waals surface area contributed by atoms with Crippen molar-refractivity contribution in [3.05, 3.63) is 0 Å². The molecule has 36 heavy (non-hydrogen) atoms. The zero-order valence-corrected chi connectivity index (χ0v) is 24.3. The normalized spacial score (nSPS) is 25.5. The summed E-state index contributed by atoms with van der Waals surface area (Å²) < 4.78 is 29.0. The van der Waals surface area contributed by atoms with E-state index in [4.69, 9.17) is 23.7 Å². The monoisotopic (exact) mass is 512 g/mol. The van der Waals surface area contributed by atoms with Crippen LogP contribution in [0, 0.1) is 21.7 Å². The summed E-state index contributed by atoms with van der Waals surface area (Å²) in [5, 5.41) is 0. The highest BCUT2D eigenvalue weighted by atomic mass is 16.7. The third-order valence-electron chi connectivity index (χ3n) is 5.42. The molecular formula is C26H45BO9. The van der Waals surface area contributed by atoms with Gasteiger partial charge in [-0.1, -0.05) is 0 Å². The quantitative estimate of drug-likeness (QED) is 0.312. The van der Waals surface area contributed by atoms with Gasteiger partial charge in [0.15, 0.2) is 18.3 Å². The molecule has 1 rings (SSSR count). The summed E-state index contributed by atoms with van der Waals surface area (Å²) in [6.45, 7) is 20.1. The van der Waals surface area contributed by atoms with Gasteiger partial charge >= 0.3 is 23.9 Å². The third kappa shape index (κ3) is 8.78. The predicted molar refractivity (Wildman–Crippen MR) is 136 cm³/mol. The lowest BCUT2D eigenvalue weighted by Gasteiger charge is -2.45. The Morgan fingerprint density at radius 2 is 0.917 bits per heavy atom. The molecule has 1 aliphatic rings. The van der Waals surface area contributed by atoms with Crippen LogP contribution in [0.15, 0.2) is 0 Å². The van der Waals surface area contributed by atoms with Crippen molar-refractivity contribution < 1.29 is 42.9 Å². The molecule has 0 aromatic carbocycles. The molecule has 0 spiro atoms. The molecule has 10 heteroatoms. The van der Waals surface area contributed by atoms with Crippen LogP contribution in [0.5, 0.6) is 0 Å². The Bertz CT molecular complexity index is 824. The summed E-state index contributed by atoms with van der Waals surface area (Å²) in [4.78, 5) is 51.2. The van der Waals surface area contributed by atoms with E-state index < -0.39 is 76.0 Å². The standard InChI is InChI=1S/C26H45BO9/c1-23(2,3)19(28)32-13-14-15(34-20(29)24(4,5)6)16(35-21(30)25(7,8)9)17(18(27)33-14)36-22(31)26(10,11)12/h14-18H,13,27H2,1-12H3/t14?,15-,16?,17?,18+/m1/s1. The molecule has 0 N–H and O–H groups in total. The average molecular weight is 512 g/mol. The Labute approximate surface area is 216 Å². The highest BCUT2D eigenvalue weighted by Crippen LogP contribution is 2.33. The maximum absolute atomic E-state index is 13.0. The number of carbonyl (C=O) groups is 4. The van der Waals surface area contributed by atoms with Gasteiger partial charge in [0.05, 0.1) is 27.7 Å². The molecule has 0 aromatic heterocycles. The Hall–Kier alpha value is -2.10. The fraction of sp³-hybridized carbons (Fsp3) is 0.846. The minimum Gasteiger partial charge on any atom is -0.462 e. The first-order valence-electron chi connectivity index (χ1n) is 12.4. The van der Waals surface area contributed by atoms with E-state index in [2.05, 4.69) is 0 Å². The fourth-order valence-corrected chi connectivity index (χ4v) is 2.95. The van der Waals surface area contributed by atoms with Gasteiger partial charge in [0, 0.05) is 0 Å². The minimum atomic E-state index is -1.19. The topological polar surface area (TPSA) is 114 Å². The summed E-state index contributed by atoms with van der Waals surface area (Å²) in [6, 6.07) is -0.753. The second-order valence-corrected chi connectivity index (χ2v) is 13.6. The molecule has 1 aliphatic heterocycles. The Morgan fingerprint density at radius 1 is 0.583 bits per heavy atom. The lowest BCUT2D eigenvalue weighted by atomic mass is 9.83. The predicted octanol–water partition coefficient (Wildman–Crippen LogP) is 2.81. The lowest BCUT2D eigenvalue weighted by molar-refractivity contribution is -0.247. The number of carbonyl (C=O) groups excluding carboxylic acids is 4. The molecule has 1 fully saturated rings. The van der Waals surface area contributed by atoms with Crippen LogP contribution in [0.3, 0.4) is 0 Å². The Balaban J connectivity index is 3.50. The molecule has 5 atom stereocenters. The van der Waals surface area contributed by atoms with Crippen LogP contribution in [0.4, 0.5) is 0 Å². The van der Waals surface area contributed by atoms with Gasteiger partial charge in [0.2, 0.25) is 0 Å². The van der Waals surface area contributed by atoms with Crippen molar-refractivity contribution in [3.8, 4) is 0 Å². The van der Waals surface area contributed by atoms with E-state index in [9.17, 15) is 19.2 Å². The number of hydrogen-bond donors (Lipinski definition) is 0. The maximum atomic E-state index is 13.0. The largest absolute Gasteiger partial charge is 0.462 e. The molecule has 9 nitrogen and oxygen atoms in total. The SMILES string of the molecule is B[C@H]1OC(COC(=O)C(C)(C)C)[C@@H](OC(=O)C(C)(C)C)C(OC(=O)C(C)(C)C)C1OC(=O)C(C)(C)C. The highest BCUT2D eigenvalue weighted by molar-refractivity contribution is 6.11. The molecule has 3 unspecified atom stereocenters. The van der Waals surface area contributed by atoms with Crippen molar-refractivity contribution in [1.82, 2.24) is 0 Å². The van der Waals surface area contributed by atoms with Crippen LogP contribution in [0.1, 0.15) is 83.1 Å². The van der Waals surface area contributed by atoms with Crippen LogP contribution in [0.25, 0.3) is 0 Å². The van der Waals surface area contributed by atoms with Crippen molar-refractivity contribution in [2.24, 2.45) is 21.7 Å². The van der Waals surface area contributed by atoms with Crippen LogP contribution in [-0.4, -0.2) is 68.7 Å². The molecule has 206 valence electrons. The van der Waals surface area contributed by atoms with E-state index in [-0.39, 0.29) is 6.61 Å². The summed E-state index contributed by atoms with van der Waals surface area (Å²) in [5.41, 5.74) is -3.37. The van der Waals surface area contributed by atoms with Crippen LogP contribution in [0.2, 0.25) is 0 Å². The van der Waals surface area contributed by atoms with E-state index in [0.29, 0.717) is 0 Å². The summed E-state index contributed by atoms with van der Waals surface area (Å²) >= 11 is 0. The van der Waals surface area contributed by atoms with E-state index in [1.807, 2.05) is 0 Å². The highest BCUT2D eigenvalue weighted by Gasteiger charge is 2.53. The van der Waals surface area contributed by atoms with Crippen molar-refractivity contribution in [3.63, 3.8) is 0 Å². The first-order chi connectivity index (χ1) is 16.0. The van der Waals surface area contributed by atoms with E-state index in [0.717, 1.165) is 0 Å². The molecule has 0 aromatic rings. The number of rotatable bonds is 5. The van der Waals surface area contributed by atoms with Gasteiger partial charge in [-0.2, -0.15) is 0 Å². The van der Waals surface area contributed by atoms with Gasteiger partial charge in [-0.15, -0.1) is 0 Å². The molecule has 0 saturated carbocycles. The summed E-state index contributed by atoms with van der Waals surface area (Å²) in [6.07, 6.45) is -4.39. The molecule has 0 bridgehead atoms. The minimum absolute atomic E-state index is 0.244. The van der Waals surface area contributed by atoms with Crippen LogP contribution < -0.4 is 0 Å². The van der Waals surface area contributed by atoms with Gasteiger partial charge < -0.3 is 23.7 Å². The van der Waals surface area contributed by atoms with Crippen LogP contribution in [-0.2, 0) is 42.9 Å². The molecular weight excluding hydrogens is 467 g/mol.